The molecule has 2 atom stereocenters. The lowest BCUT2D eigenvalue weighted by Crippen LogP contribution is -2.53. The van der Waals surface area contributed by atoms with Gasteiger partial charge in [0.15, 0.2) is 0 Å². The van der Waals surface area contributed by atoms with Gasteiger partial charge in [-0.2, -0.15) is 0 Å². The van der Waals surface area contributed by atoms with Crippen molar-refractivity contribution in [3.63, 3.8) is 0 Å². The molecule has 2 aliphatic rings. The molecule has 11 nitrogen and oxygen atoms in total. The highest BCUT2D eigenvalue weighted by atomic mass is 32.1. The van der Waals surface area contributed by atoms with Crippen LogP contribution in [-0.2, 0) is 18.4 Å². The van der Waals surface area contributed by atoms with Gasteiger partial charge in [0.1, 0.15) is 12.0 Å². The lowest BCUT2D eigenvalue weighted by molar-refractivity contribution is -0.142. The zero-order valence-corrected chi connectivity index (χ0v) is 28.7. The van der Waals surface area contributed by atoms with Crippen LogP contribution in [0.3, 0.4) is 0 Å². The standard InChI is InChI=1S/C37H40N6O5S/c1-24-19-30(49-32(24)26-9-14-38-31(20-26)48-3)36(46)42-16-11-27(29(21-42)25-7-5-4-6-8-25)34(44)41-17-12-37(47,13-18-41)22-43-23-39-33-28(35(43)45)10-15-40(33)2/h4-10,14-15,19-20,23,27,29,47H,11-13,16-18,21-22H2,1-3H3/t27-,29+/m1/s1. The molecule has 5 aromatic rings. The molecule has 2 fully saturated rings. The molecule has 2 saturated heterocycles. The molecule has 0 unspecified atom stereocenters. The Hall–Kier alpha value is -4.81. The van der Waals surface area contributed by atoms with Crippen LogP contribution < -0.4 is 10.3 Å². The number of thiophene rings is 1. The highest BCUT2D eigenvalue weighted by Crippen LogP contribution is 2.38. The number of carbonyl (C=O) groups is 2. The fourth-order valence-corrected chi connectivity index (χ4v) is 8.45. The SMILES string of the molecule is COc1cc(-c2sc(C(=O)N3CC[C@@H](C(=O)N4CCC(O)(Cn5cnc6c(ccn6C)c5=O)CC4)[C@H](c4ccccc4)C3)cc2C)ccn1. The van der Waals surface area contributed by atoms with Gasteiger partial charge < -0.3 is 24.2 Å². The van der Waals surface area contributed by atoms with Gasteiger partial charge in [-0.25, -0.2) is 9.97 Å². The van der Waals surface area contributed by atoms with Gasteiger partial charge in [0.05, 0.1) is 29.5 Å². The maximum absolute atomic E-state index is 14.2. The van der Waals surface area contributed by atoms with E-state index in [4.69, 9.17) is 4.74 Å². The molecule has 0 saturated carbocycles. The van der Waals surface area contributed by atoms with Crippen LogP contribution >= 0.6 is 11.3 Å². The minimum atomic E-state index is -1.13. The van der Waals surface area contributed by atoms with E-state index in [2.05, 4.69) is 9.97 Å². The minimum absolute atomic E-state index is 0.0336. The van der Waals surface area contributed by atoms with Crippen LogP contribution in [0, 0.1) is 12.8 Å². The van der Waals surface area contributed by atoms with Gasteiger partial charge >= 0.3 is 0 Å². The second-order valence-electron chi connectivity index (χ2n) is 13.3. The number of fused-ring (bicyclic) bond motifs is 1. The molecule has 0 aliphatic carbocycles. The smallest absolute Gasteiger partial charge is 0.263 e. The summed E-state index contributed by atoms with van der Waals surface area (Å²) >= 11 is 1.46. The molecule has 12 heteroatoms. The Morgan fingerprint density at radius 3 is 2.57 bits per heavy atom. The number of hydrogen-bond acceptors (Lipinski definition) is 8. The van der Waals surface area contributed by atoms with E-state index in [1.165, 1.54) is 22.2 Å². The van der Waals surface area contributed by atoms with Crippen LogP contribution in [0.4, 0.5) is 0 Å². The molecular weight excluding hydrogens is 641 g/mol. The zero-order valence-electron chi connectivity index (χ0n) is 27.9. The van der Waals surface area contributed by atoms with Crippen LogP contribution in [0.25, 0.3) is 21.5 Å². The van der Waals surface area contributed by atoms with Crippen molar-refractivity contribution in [3.05, 3.63) is 99.7 Å². The largest absolute Gasteiger partial charge is 0.481 e. The summed E-state index contributed by atoms with van der Waals surface area (Å²) in [4.78, 5) is 55.2. The normalized spacial score (nSPS) is 19.3. The first-order valence-corrected chi connectivity index (χ1v) is 17.4. The highest BCUT2D eigenvalue weighted by molar-refractivity contribution is 7.17. The quantitative estimate of drug-likeness (QED) is 0.269. The van der Waals surface area contributed by atoms with Crippen molar-refractivity contribution in [2.45, 2.75) is 44.2 Å². The maximum Gasteiger partial charge on any atom is 0.263 e. The Balaban J connectivity index is 1.05. The van der Waals surface area contributed by atoms with Gasteiger partial charge in [-0.3, -0.25) is 19.0 Å². The monoisotopic (exact) mass is 680 g/mol. The molecule has 4 aromatic heterocycles. The number of rotatable bonds is 7. The minimum Gasteiger partial charge on any atom is -0.481 e. The molecule has 7 rings (SSSR count). The van der Waals surface area contributed by atoms with Gasteiger partial charge in [-0.15, -0.1) is 11.3 Å². The molecule has 2 amide bonds. The number of benzene rings is 1. The summed E-state index contributed by atoms with van der Waals surface area (Å²) in [6.07, 6.45) is 6.25. The van der Waals surface area contributed by atoms with Crippen LogP contribution in [0.15, 0.2) is 78.1 Å². The maximum atomic E-state index is 14.2. The Labute approximate surface area is 288 Å². The second-order valence-corrected chi connectivity index (χ2v) is 14.3. The average molecular weight is 681 g/mol. The number of ether oxygens (including phenoxy) is 1. The molecule has 2 aliphatic heterocycles. The van der Waals surface area contributed by atoms with E-state index in [-0.39, 0.29) is 35.8 Å². The van der Waals surface area contributed by atoms with E-state index in [0.29, 0.717) is 67.2 Å². The molecule has 0 spiro atoms. The highest BCUT2D eigenvalue weighted by Gasteiger charge is 2.42. The van der Waals surface area contributed by atoms with Gasteiger partial charge in [0, 0.05) is 68.4 Å². The fourth-order valence-electron chi connectivity index (χ4n) is 7.31. The number of aliphatic hydroxyl groups is 1. The average Bonchev–Trinajstić information content (AvgIpc) is 3.71. The summed E-state index contributed by atoms with van der Waals surface area (Å²) in [6, 6.07) is 17.4. The first-order chi connectivity index (χ1) is 23.6. The van der Waals surface area contributed by atoms with Gasteiger partial charge in [0.25, 0.3) is 11.5 Å². The number of hydrogen-bond donors (Lipinski definition) is 1. The molecule has 0 bridgehead atoms. The number of piperidine rings is 2. The Morgan fingerprint density at radius 2 is 1.82 bits per heavy atom. The van der Waals surface area contributed by atoms with Crippen LogP contribution in [0.1, 0.15) is 46.0 Å². The van der Waals surface area contributed by atoms with Crippen molar-refractivity contribution in [2.24, 2.45) is 13.0 Å². The third-order valence-corrected chi connectivity index (χ3v) is 11.4. The number of pyridine rings is 1. The summed E-state index contributed by atoms with van der Waals surface area (Å²) in [6.45, 7) is 3.82. The fraction of sp³-hybridized carbons (Fsp3) is 0.378. The van der Waals surface area contributed by atoms with E-state index in [1.807, 2.05) is 72.3 Å². The lowest BCUT2D eigenvalue weighted by Gasteiger charge is -2.43. The van der Waals surface area contributed by atoms with E-state index in [1.54, 1.807) is 30.1 Å². The number of likely N-dealkylation sites (tertiary alicyclic amines) is 2. The lowest BCUT2D eigenvalue weighted by atomic mass is 9.79. The van der Waals surface area contributed by atoms with E-state index in [0.717, 1.165) is 21.6 Å². The first-order valence-electron chi connectivity index (χ1n) is 16.6. The Bertz CT molecular complexity index is 2060. The van der Waals surface area contributed by atoms with Gasteiger partial charge in [-0.1, -0.05) is 30.3 Å². The molecule has 49 heavy (non-hydrogen) atoms. The van der Waals surface area contributed by atoms with Crippen LogP contribution in [0.2, 0.25) is 0 Å². The molecular formula is C37H40N6O5S. The summed E-state index contributed by atoms with van der Waals surface area (Å²) in [5, 5.41) is 12.0. The van der Waals surface area contributed by atoms with Crippen molar-refractivity contribution >= 4 is 34.2 Å². The van der Waals surface area contributed by atoms with Crippen molar-refractivity contribution in [3.8, 4) is 16.3 Å². The summed E-state index contributed by atoms with van der Waals surface area (Å²) in [7, 11) is 3.42. The summed E-state index contributed by atoms with van der Waals surface area (Å²) < 4.78 is 8.58. The number of aromatic nitrogens is 4. The Kier molecular flexibility index (Phi) is 8.84. The second kappa shape index (κ2) is 13.2. The van der Waals surface area contributed by atoms with Gasteiger partial charge in [0.2, 0.25) is 11.8 Å². The number of carbonyl (C=O) groups excluding carboxylic acids is 2. The predicted octanol–water partition coefficient (Wildman–Crippen LogP) is 4.48. The number of aryl methyl sites for hydroxylation is 2. The Morgan fingerprint density at radius 1 is 1.04 bits per heavy atom. The van der Waals surface area contributed by atoms with Crippen molar-refractivity contribution in [2.75, 3.05) is 33.3 Å². The van der Waals surface area contributed by atoms with E-state index < -0.39 is 5.60 Å². The zero-order chi connectivity index (χ0) is 34.3. The number of methoxy groups -OCH3 is 1. The molecule has 6 heterocycles. The van der Waals surface area contributed by atoms with Crippen LogP contribution in [-0.4, -0.2) is 84.7 Å². The molecule has 0 radical (unpaired) electrons. The first kappa shape index (κ1) is 32.7. The van der Waals surface area contributed by atoms with Crippen LogP contribution in [0.5, 0.6) is 5.88 Å². The van der Waals surface area contributed by atoms with Crippen molar-refractivity contribution < 1.29 is 19.4 Å². The predicted molar refractivity (Wildman–Crippen MR) is 188 cm³/mol. The number of amides is 2. The third kappa shape index (κ3) is 6.38. The molecule has 1 N–H and O–H groups in total. The van der Waals surface area contributed by atoms with E-state index in [9.17, 15) is 19.5 Å². The topological polar surface area (TPSA) is 123 Å². The third-order valence-electron chi connectivity index (χ3n) is 10.1. The van der Waals surface area contributed by atoms with E-state index >= 15 is 0 Å². The summed E-state index contributed by atoms with van der Waals surface area (Å²) in [5.74, 6) is 0.0723. The van der Waals surface area contributed by atoms with Crippen molar-refractivity contribution in [1.29, 1.82) is 0 Å². The summed E-state index contributed by atoms with van der Waals surface area (Å²) in [5.41, 5.74) is 2.29. The molecule has 254 valence electrons. The number of nitrogens with zero attached hydrogens (tertiary/aromatic N) is 6. The van der Waals surface area contributed by atoms with Crippen molar-refractivity contribution in [1.82, 2.24) is 28.9 Å². The molecule has 1 aromatic carbocycles. The van der Waals surface area contributed by atoms with Gasteiger partial charge in [-0.05, 0) is 61.1 Å².